The third-order valence-corrected chi connectivity index (χ3v) is 8.90. The minimum Gasteiger partial charge on any atom is -0.465 e. The molecule has 2 aromatic rings. The second-order valence-electron chi connectivity index (χ2n) is 8.38. The van der Waals surface area contributed by atoms with Crippen LogP contribution in [-0.4, -0.2) is 63.6 Å². The number of benzene rings is 1. The molecule has 1 aromatic heterocycles. The molecule has 4 rings (SSSR count). The summed E-state index contributed by atoms with van der Waals surface area (Å²) in [7, 11) is -2.67. The second-order valence-corrected chi connectivity index (χ2v) is 10.7. The zero-order valence-corrected chi connectivity index (χ0v) is 19.9. The molecular formula is C22H27ClFN4O4S+. The fraction of sp³-hybridized carbons (Fsp3) is 0.455. The highest BCUT2D eigenvalue weighted by Gasteiger charge is 2.48. The first-order valence-corrected chi connectivity index (χ1v) is 12.7. The smallest absolute Gasteiger partial charge is 0.375 e. The molecule has 0 bridgehead atoms. The van der Waals surface area contributed by atoms with Crippen LogP contribution in [0.5, 0.6) is 0 Å². The third kappa shape index (κ3) is 4.76. The van der Waals surface area contributed by atoms with Gasteiger partial charge in [-0.1, -0.05) is 18.0 Å². The highest BCUT2D eigenvalue weighted by Crippen LogP contribution is 2.35. The number of esters is 1. The Morgan fingerprint density at radius 3 is 2.55 bits per heavy atom. The van der Waals surface area contributed by atoms with Crippen molar-refractivity contribution in [1.29, 1.82) is 0 Å². The number of hydrogen-bond donors (Lipinski definition) is 1. The first-order valence-electron chi connectivity index (χ1n) is 10.9. The number of quaternary nitrogens is 1. The number of nitrogens with one attached hydrogen (secondary N) is 1. The van der Waals surface area contributed by atoms with Crippen LogP contribution in [-0.2, 0) is 21.5 Å². The summed E-state index contributed by atoms with van der Waals surface area (Å²) in [6.07, 6.45) is 4.83. The summed E-state index contributed by atoms with van der Waals surface area (Å²) in [6, 6.07) is 7.71. The van der Waals surface area contributed by atoms with E-state index >= 15 is 0 Å². The largest absolute Gasteiger partial charge is 0.465 e. The van der Waals surface area contributed by atoms with Crippen LogP contribution in [0.25, 0.3) is 0 Å². The van der Waals surface area contributed by atoms with Crippen molar-refractivity contribution < 1.29 is 22.3 Å². The molecule has 1 saturated carbocycles. The van der Waals surface area contributed by atoms with Gasteiger partial charge in [0.2, 0.25) is 0 Å². The van der Waals surface area contributed by atoms with Crippen LogP contribution in [0.15, 0.2) is 36.5 Å². The first-order chi connectivity index (χ1) is 15.8. The van der Waals surface area contributed by atoms with Crippen molar-refractivity contribution in [2.24, 2.45) is 0 Å². The predicted molar refractivity (Wildman–Crippen MR) is 123 cm³/mol. The van der Waals surface area contributed by atoms with Crippen molar-refractivity contribution in [2.45, 2.75) is 31.8 Å². The van der Waals surface area contributed by atoms with E-state index in [4.69, 9.17) is 11.6 Å². The molecule has 1 saturated heterocycles. The van der Waals surface area contributed by atoms with Crippen LogP contribution in [0, 0.1) is 5.82 Å². The summed E-state index contributed by atoms with van der Waals surface area (Å²) in [5, 5.41) is -0.110. The molecule has 33 heavy (non-hydrogen) atoms. The molecule has 1 aromatic carbocycles. The molecule has 2 heterocycles. The number of methoxy groups -OCH3 is 1. The van der Waals surface area contributed by atoms with Crippen LogP contribution >= 0.6 is 11.6 Å². The topological polar surface area (TPSA) is 88.6 Å². The average Bonchev–Trinajstić information content (AvgIpc) is 2.79. The van der Waals surface area contributed by atoms with Crippen molar-refractivity contribution in [2.75, 3.05) is 33.3 Å². The van der Waals surface area contributed by atoms with Gasteiger partial charge in [-0.25, -0.2) is 9.18 Å². The van der Waals surface area contributed by atoms with E-state index in [-0.39, 0.29) is 21.0 Å². The van der Waals surface area contributed by atoms with Gasteiger partial charge in [-0.3, -0.25) is 9.88 Å². The van der Waals surface area contributed by atoms with Gasteiger partial charge in [-0.05, 0) is 31.0 Å². The Kier molecular flexibility index (Phi) is 7.01. The number of nitrogens with zero attached hydrogens (tertiary/aromatic N) is 3. The molecule has 0 unspecified atom stereocenters. The van der Waals surface area contributed by atoms with Gasteiger partial charge in [0.05, 0.1) is 29.9 Å². The van der Waals surface area contributed by atoms with Crippen LogP contribution < -0.4 is 8.61 Å². The molecule has 1 N–H and O–H groups in total. The van der Waals surface area contributed by atoms with Gasteiger partial charge < -0.3 is 4.74 Å². The molecule has 11 heteroatoms. The van der Waals surface area contributed by atoms with Crippen molar-refractivity contribution in [1.82, 2.24) is 18.5 Å². The van der Waals surface area contributed by atoms with E-state index in [0.29, 0.717) is 43.6 Å². The van der Waals surface area contributed by atoms with E-state index < -0.39 is 22.0 Å². The van der Waals surface area contributed by atoms with E-state index in [1.54, 1.807) is 6.07 Å². The molecule has 178 valence electrons. The van der Waals surface area contributed by atoms with Crippen molar-refractivity contribution in [3.05, 3.63) is 58.6 Å². The second kappa shape index (κ2) is 9.63. The van der Waals surface area contributed by atoms with Gasteiger partial charge >= 0.3 is 16.2 Å². The Bertz CT molecular complexity index is 1120. The summed E-state index contributed by atoms with van der Waals surface area (Å²) < 4.78 is 48.1. The lowest BCUT2D eigenvalue weighted by Crippen LogP contribution is -2.67. The number of piperazine rings is 1. The molecule has 1 aliphatic carbocycles. The van der Waals surface area contributed by atoms with Crippen molar-refractivity contribution in [3.8, 4) is 0 Å². The van der Waals surface area contributed by atoms with Crippen LogP contribution in [0.1, 0.15) is 35.3 Å². The number of halogens is 2. The van der Waals surface area contributed by atoms with Crippen molar-refractivity contribution >= 4 is 33.5 Å². The maximum absolute atomic E-state index is 13.8. The standard InChI is InChI=1S/C22H27ClFN4O4S/c1-32-22(29)16-5-6-17(25-14-16)15-26-33(30,31)28(19-7-8-21(24)20(23)13-19)11-9-27(10-12-28)18-3-2-4-18/h5-8,13-14,18,26H,2-4,9-12,15H2,1H3/q+1. The number of aromatic nitrogens is 1. The summed E-state index contributed by atoms with van der Waals surface area (Å²) in [4.78, 5) is 18.1. The minimum absolute atomic E-state index is 0.0505. The Morgan fingerprint density at radius 1 is 1.27 bits per heavy atom. The third-order valence-electron chi connectivity index (χ3n) is 6.60. The van der Waals surface area contributed by atoms with Crippen LogP contribution in [0.3, 0.4) is 0 Å². The summed E-state index contributed by atoms with van der Waals surface area (Å²) >= 11 is 6.02. The average molecular weight is 498 g/mol. The Labute approximate surface area is 198 Å². The van der Waals surface area contributed by atoms with E-state index in [1.807, 2.05) is 0 Å². The fourth-order valence-corrected chi connectivity index (χ4v) is 6.14. The normalized spacial score (nSPS) is 19.1. The molecule has 0 spiro atoms. The summed E-state index contributed by atoms with van der Waals surface area (Å²) in [5.41, 5.74) is 1.16. The fourth-order valence-electron chi connectivity index (χ4n) is 4.35. The maximum atomic E-state index is 13.8. The molecular weight excluding hydrogens is 471 g/mol. The molecule has 1 aliphatic heterocycles. The Hall–Kier alpha value is -2.11. The van der Waals surface area contributed by atoms with E-state index in [0.717, 1.165) is 12.8 Å². The number of ether oxygens (including phenoxy) is 1. The molecule has 0 amide bonds. The lowest BCUT2D eigenvalue weighted by atomic mass is 9.91. The van der Waals surface area contributed by atoms with Gasteiger partial charge in [-0.2, -0.15) is 17.0 Å². The number of rotatable bonds is 7. The molecule has 2 aliphatic rings. The summed E-state index contributed by atoms with van der Waals surface area (Å²) in [6.45, 7) is 1.83. The molecule has 0 atom stereocenters. The molecule has 0 radical (unpaired) electrons. The van der Waals surface area contributed by atoms with Crippen molar-refractivity contribution in [3.63, 3.8) is 0 Å². The molecule has 8 nitrogen and oxygen atoms in total. The quantitative estimate of drug-likeness (QED) is 0.467. The van der Waals surface area contributed by atoms with Crippen LogP contribution in [0.4, 0.5) is 10.1 Å². The van der Waals surface area contributed by atoms with E-state index in [2.05, 4.69) is 19.3 Å². The molecule has 2 fully saturated rings. The van der Waals surface area contributed by atoms with Crippen LogP contribution in [0.2, 0.25) is 5.02 Å². The lowest BCUT2D eigenvalue weighted by Gasteiger charge is -2.46. The zero-order chi connectivity index (χ0) is 23.6. The maximum Gasteiger partial charge on any atom is 0.375 e. The predicted octanol–water partition coefficient (Wildman–Crippen LogP) is 2.87. The number of carbonyl (C=O) groups excluding carboxylic acids is 1. The monoisotopic (exact) mass is 497 g/mol. The Balaban J connectivity index is 1.57. The Morgan fingerprint density at radius 2 is 2.00 bits per heavy atom. The van der Waals surface area contributed by atoms with E-state index in [9.17, 15) is 17.6 Å². The first kappa shape index (κ1) is 24.0. The van der Waals surface area contributed by atoms with Gasteiger partial charge in [0.15, 0.2) is 5.69 Å². The SMILES string of the molecule is COC(=O)c1ccc(CNS(=O)(=O)[N+]2(c3ccc(F)c(Cl)c3)CCN(C3CCC3)CC2)nc1. The summed E-state index contributed by atoms with van der Waals surface area (Å²) in [5.74, 6) is -1.11. The zero-order valence-electron chi connectivity index (χ0n) is 18.3. The van der Waals surface area contributed by atoms with Gasteiger partial charge in [0.1, 0.15) is 18.9 Å². The highest BCUT2D eigenvalue weighted by atomic mass is 35.5. The minimum atomic E-state index is -3.95. The van der Waals surface area contributed by atoms with Gasteiger partial charge in [-0.15, -0.1) is 0 Å². The van der Waals surface area contributed by atoms with Gasteiger partial charge in [0.25, 0.3) is 0 Å². The number of pyridine rings is 1. The number of hydrogen-bond acceptors (Lipinski definition) is 6. The highest BCUT2D eigenvalue weighted by molar-refractivity contribution is 7.89. The van der Waals surface area contributed by atoms with E-state index in [1.165, 1.54) is 44.0 Å². The number of carbonyl (C=O) groups is 1. The lowest BCUT2D eigenvalue weighted by molar-refractivity contribution is 0.0600. The van der Waals surface area contributed by atoms with Gasteiger partial charge in [0, 0.05) is 37.5 Å².